The second-order valence-corrected chi connectivity index (χ2v) is 8.89. The van der Waals surface area contributed by atoms with Gasteiger partial charge in [0, 0.05) is 10.8 Å². The van der Waals surface area contributed by atoms with Crippen molar-refractivity contribution >= 4 is 27.6 Å². The van der Waals surface area contributed by atoms with Crippen LogP contribution in [-0.2, 0) is 13.2 Å². The Balaban J connectivity index is 1.21. The van der Waals surface area contributed by atoms with Crippen LogP contribution >= 0.6 is 0 Å². The normalized spacial score (nSPS) is 10.9. The van der Waals surface area contributed by atoms with Crippen molar-refractivity contribution in [2.75, 3.05) is 0 Å². The van der Waals surface area contributed by atoms with Crippen molar-refractivity contribution in [2.24, 2.45) is 0 Å². The van der Waals surface area contributed by atoms with Gasteiger partial charge in [-0.2, -0.15) is 0 Å². The van der Waals surface area contributed by atoms with E-state index < -0.39 is 0 Å². The summed E-state index contributed by atoms with van der Waals surface area (Å²) in [5.74, 6) is 0.825. The highest BCUT2D eigenvalue weighted by molar-refractivity contribution is 6.12. The number of hydrogen-bond acceptors (Lipinski definition) is 5. The van der Waals surface area contributed by atoms with E-state index >= 15 is 0 Å². The van der Waals surface area contributed by atoms with Gasteiger partial charge in [-0.15, -0.1) is 0 Å². The minimum absolute atomic E-state index is 0.172. The lowest BCUT2D eigenvalue weighted by Crippen LogP contribution is -2.09. The number of ether oxygens (including phenoxy) is 2. The Kier molecular flexibility index (Phi) is 6.48. The fourth-order valence-corrected chi connectivity index (χ4v) is 4.39. The molecule has 0 aliphatic heterocycles. The zero-order valence-electron chi connectivity index (χ0n) is 20.6. The van der Waals surface area contributed by atoms with E-state index in [-0.39, 0.29) is 19.0 Å². The molecule has 0 fully saturated rings. The van der Waals surface area contributed by atoms with Crippen LogP contribution in [0.5, 0.6) is 11.5 Å². The van der Waals surface area contributed by atoms with Crippen molar-refractivity contribution in [3.05, 3.63) is 144 Å². The van der Waals surface area contributed by atoms with Crippen LogP contribution in [-0.4, -0.2) is 15.8 Å². The Morgan fingerprint density at radius 2 is 0.921 bits per heavy atom. The molecule has 0 saturated carbocycles. The molecule has 38 heavy (non-hydrogen) atoms. The zero-order chi connectivity index (χ0) is 25.7. The molecule has 0 radical (unpaired) electrons. The molecular weight excluding hydrogens is 472 g/mol. The molecule has 0 atom stereocenters. The summed E-state index contributed by atoms with van der Waals surface area (Å²) in [5.41, 5.74) is 4.33. The second kappa shape index (κ2) is 10.5. The van der Waals surface area contributed by atoms with E-state index in [9.17, 15) is 4.79 Å². The van der Waals surface area contributed by atoms with Gasteiger partial charge in [0.25, 0.3) is 0 Å². The van der Waals surface area contributed by atoms with E-state index in [2.05, 4.69) is 9.97 Å². The van der Waals surface area contributed by atoms with Gasteiger partial charge in [0.2, 0.25) is 0 Å². The Morgan fingerprint density at radius 3 is 1.42 bits per heavy atom. The van der Waals surface area contributed by atoms with Gasteiger partial charge in [-0.05, 0) is 48.5 Å². The topological polar surface area (TPSA) is 61.3 Å². The third-order valence-electron chi connectivity index (χ3n) is 6.33. The van der Waals surface area contributed by atoms with Gasteiger partial charge in [-0.25, -0.2) is 9.97 Å². The van der Waals surface area contributed by atoms with Gasteiger partial charge in [0.15, 0.2) is 5.78 Å². The molecule has 2 aromatic heterocycles. The van der Waals surface area contributed by atoms with Crippen LogP contribution in [0.2, 0.25) is 0 Å². The Labute approximate surface area is 220 Å². The molecule has 5 heteroatoms. The van der Waals surface area contributed by atoms with Crippen LogP contribution < -0.4 is 9.47 Å². The first-order valence-electron chi connectivity index (χ1n) is 12.4. The summed E-state index contributed by atoms with van der Waals surface area (Å²) in [6.45, 7) is 0.502. The molecule has 0 aliphatic carbocycles. The number of carbonyl (C=O) groups is 1. The van der Waals surface area contributed by atoms with Crippen LogP contribution in [0.4, 0.5) is 0 Å². The molecule has 0 spiro atoms. The lowest BCUT2D eigenvalue weighted by atomic mass is 10.0. The quantitative estimate of drug-likeness (QED) is 0.209. The molecular formula is C33H24N2O3. The molecule has 0 N–H and O–H groups in total. The molecule has 6 rings (SSSR count). The zero-order valence-corrected chi connectivity index (χ0v) is 20.6. The van der Waals surface area contributed by atoms with Crippen molar-refractivity contribution in [1.82, 2.24) is 9.97 Å². The summed E-state index contributed by atoms with van der Waals surface area (Å²) >= 11 is 0. The molecule has 6 aromatic rings. The van der Waals surface area contributed by atoms with Gasteiger partial charge in [-0.3, -0.25) is 4.79 Å². The van der Waals surface area contributed by atoms with Gasteiger partial charge in [0.05, 0.1) is 33.5 Å². The largest absolute Gasteiger partial charge is 0.487 e. The van der Waals surface area contributed by atoms with E-state index in [1.807, 2.05) is 97.1 Å². The summed E-state index contributed by atoms with van der Waals surface area (Å²) in [6.07, 6.45) is 0. The van der Waals surface area contributed by atoms with Gasteiger partial charge >= 0.3 is 0 Å². The summed E-state index contributed by atoms with van der Waals surface area (Å²) in [6, 6.07) is 38.3. The number of nitrogens with zero attached hydrogens (tertiary/aromatic N) is 2. The van der Waals surface area contributed by atoms with Crippen molar-refractivity contribution in [3.8, 4) is 11.5 Å². The summed E-state index contributed by atoms with van der Waals surface area (Å²) in [5, 5.41) is 2.14. The molecule has 0 amide bonds. The average molecular weight is 497 g/mol. The lowest BCUT2D eigenvalue weighted by molar-refractivity contribution is 0.103. The van der Waals surface area contributed by atoms with Crippen LogP contribution in [0, 0.1) is 0 Å². The molecule has 0 bridgehead atoms. The van der Waals surface area contributed by atoms with Crippen LogP contribution in [0.3, 0.4) is 0 Å². The predicted molar refractivity (Wildman–Crippen MR) is 148 cm³/mol. The summed E-state index contributed by atoms with van der Waals surface area (Å²) in [4.78, 5) is 23.0. The third-order valence-corrected chi connectivity index (χ3v) is 6.33. The predicted octanol–water partition coefficient (Wildman–Crippen LogP) is 7.17. The van der Waals surface area contributed by atoms with Crippen LogP contribution in [0.1, 0.15) is 27.3 Å². The minimum Gasteiger partial charge on any atom is -0.487 e. The minimum atomic E-state index is -0.172. The number of pyridine rings is 2. The first-order chi connectivity index (χ1) is 18.7. The molecule has 0 unspecified atom stereocenters. The maximum atomic E-state index is 13.7. The van der Waals surface area contributed by atoms with Crippen molar-refractivity contribution in [3.63, 3.8) is 0 Å². The van der Waals surface area contributed by atoms with E-state index in [1.54, 1.807) is 24.3 Å². The maximum Gasteiger partial charge on any atom is 0.200 e. The van der Waals surface area contributed by atoms with Crippen LogP contribution in [0.25, 0.3) is 21.8 Å². The molecule has 2 heterocycles. The molecule has 5 nitrogen and oxygen atoms in total. The Bertz CT molecular complexity index is 1630. The maximum absolute atomic E-state index is 13.7. The molecule has 4 aromatic carbocycles. The highest BCUT2D eigenvalue weighted by Gasteiger charge is 2.19. The first-order valence-corrected chi connectivity index (χ1v) is 12.4. The standard InChI is InChI=1S/C33H24N2O3/c36-33(27-11-3-7-15-31(27)37-21-25-19-17-23-9-1-5-13-29(23)34-25)28-12-4-8-16-32(28)38-22-26-20-18-24-10-2-6-14-30(24)35-26/h1-20H,21-22H2. The van der Waals surface area contributed by atoms with E-state index in [4.69, 9.17) is 9.47 Å². The first kappa shape index (κ1) is 23.4. The fourth-order valence-electron chi connectivity index (χ4n) is 4.39. The van der Waals surface area contributed by atoms with Crippen molar-refractivity contribution < 1.29 is 14.3 Å². The smallest absolute Gasteiger partial charge is 0.200 e. The number of benzene rings is 4. The second-order valence-electron chi connectivity index (χ2n) is 8.89. The summed E-state index contributed by atoms with van der Waals surface area (Å²) in [7, 11) is 0. The van der Waals surface area contributed by atoms with E-state index in [0.717, 1.165) is 33.2 Å². The highest BCUT2D eigenvalue weighted by atomic mass is 16.5. The Hall–Kier alpha value is -5.03. The highest BCUT2D eigenvalue weighted by Crippen LogP contribution is 2.28. The number of carbonyl (C=O) groups excluding carboxylic acids is 1. The van der Waals surface area contributed by atoms with Gasteiger partial charge < -0.3 is 9.47 Å². The van der Waals surface area contributed by atoms with Gasteiger partial charge in [-0.1, -0.05) is 72.8 Å². The monoisotopic (exact) mass is 496 g/mol. The lowest BCUT2D eigenvalue weighted by Gasteiger charge is -2.14. The number of rotatable bonds is 8. The SMILES string of the molecule is O=C(c1ccccc1OCc1ccc2ccccc2n1)c1ccccc1OCc1ccc2ccccc2n1. The van der Waals surface area contributed by atoms with Crippen molar-refractivity contribution in [2.45, 2.75) is 13.2 Å². The fraction of sp³-hybridized carbons (Fsp3) is 0.0606. The average Bonchev–Trinajstić information content (AvgIpc) is 2.98. The summed E-state index contributed by atoms with van der Waals surface area (Å²) < 4.78 is 12.2. The number of para-hydroxylation sites is 4. The van der Waals surface area contributed by atoms with Gasteiger partial charge in [0.1, 0.15) is 24.7 Å². The number of aromatic nitrogens is 2. The molecule has 0 saturated heterocycles. The third kappa shape index (κ3) is 4.95. The number of fused-ring (bicyclic) bond motifs is 2. The van der Waals surface area contributed by atoms with Crippen molar-refractivity contribution in [1.29, 1.82) is 0 Å². The number of ketones is 1. The van der Waals surface area contributed by atoms with E-state index in [0.29, 0.717) is 22.6 Å². The van der Waals surface area contributed by atoms with Crippen LogP contribution in [0.15, 0.2) is 121 Å². The molecule has 0 aliphatic rings. The molecule has 184 valence electrons. The Morgan fingerprint density at radius 1 is 0.500 bits per heavy atom. The number of hydrogen-bond donors (Lipinski definition) is 0. The van der Waals surface area contributed by atoms with E-state index in [1.165, 1.54) is 0 Å².